The van der Waals surface area contributed by atoms with E-state index in [4.69, 9.17) is 9.73 Å². The van der Waals surface area contributed by atoms with Gasteiger partial charge in [0.2, 0.25) is 0 Å². The summed E-state index contributed by atoms with van der Waals surface area (Å²) in [7, 11) is 4.07. The van der Waals surface area contributed by atoms with Crippen molar-refractivity contribution in [3.63, 3.8) is 0 Å². The third-order valence-corrected chi connectivity index (χ3v) is 4.32. The van der Waals surface area contributed by atoms with Crippen molar-refractivity contribution in [1.82, 2.24) is 20.0 Å². The molecule has 1 saturated heterocycles. The number of hydrogen-bond acceptors (Lipinski definition) is 3. The minimum Gasteiger partial charge on any atom is -0.378 e. The monoisotopic (exact) mass is 463 g/mol. The number of hydrogen-bond donors (Lipinski definition) is 1. The fourth-order valence-corrected chi connectivity index (χ4v) is 3.15. The molecule has 1 aromatic rings. The Bertz CT molecular complexity index is 538. The fraction of sp³-hybridized carbons (Fsp3) is 0.778. The summed E-state index contributed by atoms with van der Waals surface area (Å²) in [6.45, 7) is 9.88. The van der Waals surface area contributed by atoms with E-state index in [1.807, 2.05) is 11.7 Å². The number of aliphatic imine (C=N–C) groups is 1. The number of aryl methyl sites for hydroxylation is 1. The van der Waals surface area contributed by atoms with E-state index in [1.165, 1.54) is 24.1 Å². The predicted molar refractivity (Wildman–Crippen MR) is 114 cm³/mol. The number of halogens is 1. The van der Waals surface area contributed by atoms with Crippen molar-refractivity contribution >= 4 is 29.9 Å². The molecule has 6 nitrogen and oxygen atoms in total. The van der Waals surface area contributed by atoms with Crippen LogP contribution in [0.3, 0.4) is 0 Å². The Morgan fingerprint density at radius 3 is 2.88 bits per heavy atom. The van der Waals surface area contributed by atoms with Crippen LogP contribution in [0.5, 0.6) is 0 Å². The van der Waals surface area contributed by atoms with Crippen LogP contribution in [-0.2, 0) is 18.3 Å². The van der Waals surface area contributed by atoms with Gasteiger partial charge in [-0.25, -0.2) is 0 Å². The summed E-state index contributed by atoms with van der Waals surface area (Å²) in [4.78, 5) is 6.96. The maximum absolute atomic E-state index is 5.68. The average Bonchev–Trinajstić information content (AvgIpc) is 3.16. The van der Waals surface area contributed by atoms with Gasteiger partial charge in [-0.2, -0.15) is 5.10 Å². The van der Waals surface area contributed by atoms with Gasteiger partial charge in [-0.05, 0) is 32.1 Å². The topological polar surface area (TPSA) is 54.7 Å². The first-order valence-corrected chi connectivity index (χ1v) is 9.14. The minimum absolute atomic E-state index is 0. The molecule has 0 bridgehead atoms. The van der Waals surface area contributed by atoms with Gasteiger partial charge in [0.25, 0.3) is 0 Å². The predicted octanol–water partition coefficient (Wildman–Crippen LogP) is 3.13. The molecule has 25 heavy (non-hydrogen) atoms. The van der Waals surface area contributed by atoms with Gasteiger partial charge in [0.1, 0.15) is 0 Å². The Kier molecular flexibility index (Phi) is 9.78. The van der Waals surface area contributed by atoms with Gasteiger partial charge < -0.3 is 15.0 Å². The van der Waals surface area contributed by atoms with Crippen LogP contribution in [0.25, 0.3) is 0 Å². The number of guanidine groups is 1. The van der Waals surface area contributed by atoms with Crippen LogP contribution in [0.15, 0.2) is 11.2 Å². The normalized spacial score (nSPS) is 17.7. The van der Waals surface area contributed by atoms with Crippen LogP contribution in [0.1, 0.15) is 57.2 Å². The smallest absolute Gasteiger partial charge is 0.193 e. The SMILES string of the molecule is CCNC(=NCCC1CCCO1)N(C)Cc1cn(C)nc1C(C)C.I. The second kappa shape index (κ2) is 11.0. The molecule has 2 rings (SSSR count). The number of rotatable bonds is 7. The Labute approximate surface area is 169 Å². The molecule has 0 spiro atoms. The second-order valence-corrected chi connectivity index (χ2v) is 6.88. The first-order chi connectivity index (χ1) is 11.5. The summed E-state index contributed by atoms with van der Waals surface area (Å²) in [6.07, 6.45) is 5.88. The van der Waals surface area contributed by atoms with Crippen molar-refractivity contribution in [3.05, 3.63) is 17.5 Å². The summed E-state index contributed by atoms with van der Waals surface area (Å²) in [5.74, 6) is 1.38. The molecule has 0 aromatic carbocycles. The van der Waals surface area contributed by atoms with E-state index >= 15 is 0 Å². The van der Waals surface area contributed by atoms with Crippen molar-refractivity contribution in [3.8, 4) is 0 Å². The summed E-state index contributed by atoms with van der Waals surface area (Å²) >= 11 is 0. The number of aromatic nitrogens is 2. The van der Waals surface area contributed by atoms with Crippen molar-refractivity contribution < 1.29 is 4.74 Å². The van der Waals surface area contributed by atoms with E-state index in [1.54, 1.807) is 0 Å². The van der Waals surface area contributed by atoms with Crippen molar-refractivity contribution in [1.29, 1.82) is 0 Å². The third-order valence-electron chi connectivity index (χ3n) is 4.32. The highest BCUT2D eigenvalue weighted by Crippen LogP contribution is 2.19. The molecule has 1 unspecified atom stereocenters. The van der Waals surface area contributed by atoms with Crippen LogP contribution in [0.4, 0.5) is 0 Å². The molecule has 7 heteroatoms. The van der Waals surface area contributed by atoms with Gasteiger partial charge in [0.05, 0.1) is 11.8 Å². The van der Waals surface area contributed by atoms with E-state index in [0.29, 0.717) is 12.0 Å². The van der Waals surface area contributed by atoms with Crippen LogP contribution >= 0.6 is 24.0 Å². The Morgan fingerprint density at radius 1 is 1.52 bits per heavy atom. The van der Waals surface area contributed by atoms with Crippen LogP contribution in [0.2, 0.25) is 0 Å². The average molecular weight is 463 g/mol. The van der Waals surface area contributed by atoms with E-state index < -0.39 is 0 Å². The zero-order valence-corrected chi connectivity index (χ0v) is 18.6. The minimum atomic E-state index is 0. The van der Waals surface area contributed by atoms with Crippen LogP contribution in [0, 0.1) is 0 Å². The zero-order chi connectivity index (χ0) is 17.5. The first kappa shape index (κ1) is 22.2. The van der Waals surface area contributed by atoms with E-state index in [0.717, 1.165) is 38.6 Å². The summed E-state index contributed by atoms with van der Waals surface area (Å²) in [5, 5.41) is 7.99. The Morgan fingerprint density at radius 2 is 2.28 bits per heavy atom. The Hall–Kier alpha value is -0.830. The molecular weight excluding hydrogens is 429 g/mol. The molecule has 1 fully saturated rings. The molecule has 1 aliphatic heterocycles. The molecule has 0 amide bonds. The van der Waals surface area contributed by atoms with E-state index in [9.17, 15) is 0 Å². The molecule has 0 aliphatic carbocycles. The molecule has 0 saturated carbocycles. The first-order valence-electron chi connectivity index (χ1n) is 9.14. The second-order valence-electron chi connectivity index (χ2n) is 6.88. The quantitative estimate of drug-likeness (QED) is 0.384. The van der Waals surface area contributed by atoms with Gasteiger partial charge >= 0.3 is 0 Å². The summed E-state index contributed by atoms with van der Waals surface area (Å²) in [6, 6.07) is 0. The molecule has 1 atom stereocenters. The van der Waals surface area contributed by atoms with Crippen molar-refractivity contribution in [2.45, 2.75) is 58.6 Å². The number of nitrogens with one attached hydrogen (secondary N) is 1. The standard InChI is InChI=1S/C18H33N5O.HI/c1-6-19-18(20-10-9-16-8-7-11-24-16)22(4)12-15-13-23(5)21-17(15)14(2)3;/h13-14,16H,6-12H2,1-5H3,(H,19,20);1H. The highest BCUT2D eigenvalue weighted by Gasteiger charge is 2.16. The van der Waals surface area contributed by atoms with E-state index in [-0.39, 0.29) is 24.0 Å². The molecule has 1 N–H and O–H groups in total. The van der Waals surface area contributed by atoms with Crippen LogP contribution < -0.4 is 5.32 Å². The van der Waals surface area contributed by atoms with Crippen molar-refractivity contribution in [2.75, 3.05) is 26.7 Å². The molecule has 1 aromatic heterocycles. The van der Waals surface area contributed by atoms with Gasteiger partial charge in [-0.1, -0.05) is 13.8 Å². The van der Waals surface area contributed by atoms with Gasteiger partial charge in [0, 0.05) is 52.1 Å². The van der Waals surface area contributed by atoms with Gasteiger partial charge in [0.15, 0.2) is 5.96 Å². The molecular formula is C18H34IN5O. The molecule has 2 heterocycles. The third kappa shape index (κ3) is 6.77. The maximum atomic E-state index is 5.68. The maximum Gasteiger partial charge on any atom is 0.193 e. The fourth-order valence-electron chi connectivity index (χ4n) is 3.15. The van der Waals surface area contributed by atoms with Crippen molar-refractivity contribution in [2.24, 2.45) is 12.0 Å². The molecule has 1 aliphatic rings. The molecule has 144 valence electrons. The number of ether oxygens (including phenoxy) is 1. The lowest BCUT2D eigenvalue weighted by molar-refractivity contribution is 0.106. The lowest BCUT2D eigenvalue weighted by Crippen LogP contribution is -2.38. The van der Waals surface area contributed by atoms with Gasteiger partial charge in [-0.15, -0.1) is 24.0 Å². The zero-order valence-electron chi connectivity index (χ0n) is 16.3. The van der Waals surface area contributed by atoms with Crippen LogP contribution in [-0.4, -0.2) is 53.5 Å². The van der Waals surface area contributed by atoms with E-state index in [2.05, 4.69) is 49.3 Å². The van der Waals surface area contributed by atoms with Gasteiger partial charge in [-0.3, -0.25) is 9.67 Å². The highest BCUT2D eigenvalue weighted by molar-refractivity contribution is 14.0. The number of nitrogens with zero attached hydrogens (tertiary/aromatic N) is 4. The summed E-state index contributed by atoms with van der Waals surface area (Å²) in [5.41, 5.74) is 2.43. The largest absolute Gasteiger partial charge is 0.378 e. The lowest BCUT2D eigenvalue weighted by Gasteiger charge is -2.22. The lowest BCUT2D eigenvalue weighted by atomic mass is 10.1. The summed E-state index contributed by atoms with van der Waals surface area (Å²) < 4.78 is 7.58. The molecule has 0 radical (unpaired) electrons. The highest BCUT2D eigenvalue weighted by atomic mass is 127. The Balaban J connectivity index is 0.00000312.